The van der Waals surface area contributed by atoms with Gasteiger partial charge in [-0.25, -0.2) is 4.98 Å². The van der Waals surface area contributed by atoms with Crippen molar-refractivity contribution < 1.29 is 14.3 Å². The summed E-state index contributed by atoms with van der Waals surface area (Å²) in [6, 6.07) is 13.8. The minimum absolute atomic E-state index is 0.100. The molecule has 3 rings (SSSR count). The van der Waals surface area contributed by atoms with Crippen molar-refractivity contribution in [3.63, 3.8) is 0 Å². The normalized spacial score (nSPS) is 10.5. The van der Waals surface area contributed by atoms with E-state index in [0.29, 0.717) is 35.1 Å². The van der Waals surface area contributed by atoms with Crippen LogP contribution >= 0.6 is 11.8 Å². The zero-order valence-corrected chi connectivity index (χ0v) is 18.9. The number of rotatable bonds is 8. The summed E-state index contributed by atoms with van der Waals surface area (Å²) >= 11 is 1.28. The van der Waals surface area contributed by atoms with Crippen LogP contribution in [0.4, 0.5) is 0 Å². The van der Waals surface area contributed by atoms with Crippen molar-refractivity contribution in [3.05, 3.63) is 58.7 Å². The second kappa shape index (κ2) is 10.2. The van der Waals surface area contributed by atoms with Gasteiger partial charge in [0.15, 0.2) is 11.5 Å². The predicted molar refractivity (Wildman–Crippen MR) is 123 cm³/mol. The highest BCUT2D eigenvalue weighted by Gasteiger charge is 2.12. The number of carbonyl (C=O) groups is 1. The van der Waals surface area contributed by atoms with Crippen LogP contribution in [0, 0.1) is 25.2 Å². The fraction of sp³-hybridized carbons (Fsp3) is 0.292. The van der Waals surface area contributed by atoms with Crippen LogP contribution in [-0.2, 0) is 11.2 Å². The van der Waals surface area contributed by atoms with E-state index in [1.807, 2.05) is 44.2 Å². The topological polar surface area (TPSA) is 84.2 Å². The Labute approximate surface area is 186 Å². The molecule has 0 aliphatic rings. The number of carbonyl (C=O) groups excluding carboxylic acids is 1. The Morgan fingerprint density at radius 2 is 1.90 bits per heavy atom. The maximum atomic E-state index is 12.3. The van der Waals surface area contributed by atoms with Crippen molar-refractivity contribution in [1.82, 2.24) is 10.3 Å². The molecule has 0 atom stereocenters. The minimum Gasteiger partial charge on any atom is -0.493 e. The molecule has 0 saturated carbocycles. The molecule has 6 nitrogen and oxygen atoms in total. The van der Waals surface area contributed by atoms with Gasteiger partial charge in [0.1, 0.15) is 11.1 Å². The molecule has 3 aromatic rings. The van der Waals surface area contributed by atoms with E-state index in [2.05, 4.69) is 22.4 Å². The van der Waals surface area contributed by atoms with Crippen LogP contribution in [0.15, 0.2) is 41.4 Å². The third-order valence-corrected chi connectivity index (χ3v) is 5.89. The van der Waals surface area contributed by atoms with E-state index in [9.17, 15) is 10.1 Å². The van der Waals surface area contributed by atoms with Gasteiger partial charge >= 0.3 is 0 Å². The lowest BCUT2D eigenvalue weighted by molar-refractivity contribution is -0.118. The number of methoxy groups -OCH3 is 2. The van der Waals surface area contributed by atoms with Crippen molar-refractivity contribution in [2.75, 3.05) is 26.5 Å². The Morgan fingerprint density at radius 1 is 1.13 bits per heavy atom. The van der Waals surface area contributed by atoms with Crippen molar-refractivity contribution in [2.24, 2.45) is 0 Å². The Kier molecular flexibility index (Phi) is 7.37. The highest BCUT2D eigenvalue weighted by Crippen LogP contribution is 2.28. The minimum atomic E-state index is -0.100. The average Bonchev–Trinajstić information content (AvgIpc) is 2.76. The summed E-state index contributed by atoms with van der Waals surface area (Å²) in [5.74, 6) is 1.44. The van der Waals surface area contributed by atoms with E-state index in [1.54, 1.807) is 14.2 Å². The third kappa shape index (κ3) is 5.47. The molecule has 0 spiro atoms. The quantitative estimate of drug-likeness (QED) is 0.534. The second-order valence-electron chi connectivity index (χ2n) is 7.18. The predicted octanol–water partition coefficient (Wildman–Crippen LogP) is 4.19. The molecule has 0 unspecified atom stereocenters. The molecule has 1 amide bonds. The van der Waals surface area contributed by atoms with Gasteiger partial charge in [0, 0.05) is 11.9 Å². The second-order valence-corrected chi connectivity index (χ2v) is 8.14. The van der Waals surface area contributed by atoms with Crippen LogP contribution in [0.2, 0.25) is 0 Å². The number of benzene rings is 2. The van der Waals surface area contributed by atoms with E-state index in [-0.39, 0.29) is 11.7 Å². The van der Waals surface area contributed by atoms with E-state index < -0.39 is 0 Å². The van der Waals surface area contributed by atoms with Gasteiger partial charge in [-0.3, -0.25) is 4.79 Å². The first kappa shape index (κ1) is 22.4. The number of fused-ring (bicyclic) bond motifs is 1. The number of ether oxygens (including phenoxy) is 2. The van der Waals surface area contributed by atoms with Crippen LogP contribution in [0.5, 0.6) is 11.5 Å². The number of hydrogen-bond acceptors (Lipinski definition) is 6. The van der Waals surface area contributed by atoms with Crippen molar-refractivity contribution in [2.45, 2.75) is 25.3 Å². The summed E-state index contributed by atoms with van der Waals surface area (Å²) in [6.07, 6.45) is 0.674. The standard InChI is InChI=1S/C24H25N3O3S/c1-15-9-16(2)19-12-18(13-25)24(27-20(19)10-15)31-14-23(28)26-8-7-17-5-6-21(29-3)22(11-17)30-4/h5-6,9-12H,7-8,14H2,1-4H3,(H,26,28). The number of pyridine rings is 1. The molecular formula is C24H25N3O3S. The Hall–Kier alpha value is -3.24. The molecule has 0 fully saturated rings. The van der Waals surface area contributed by atoms with Crippen molar-refractivity contribution in [1.29, 1.82) is 5.26 Å². The van der Waals surface area contributed by atoms with Gasteiger partial charge in [-0.2, -0.15) is 5.26 Å². The highest BCUT2D eigenvalue weighted by atomic mass is 32.2. The van der Waals surface area contributed by atoms with Gasteiger partial charge in [-0.05, 0) is 61.2 Å². The number of amides is 1. The number of hydrogen-bond donors (Lipinski definition) is 1. The molecular weight excluding hydrogens is 410 g/mol. The molecule has 0 saturated heterocycles. The summed E-state index contributed by atoms with van der Waals surface area (Å²) in [6.45, 7) is 4.53. The molecule has 1 N–H and O–H groups in total. The maximum Gasteiger partial charge on any atom is 0.230 e. The van der Waals surface area contributed by atoms with E-state index >= 15 is 0 Å². The van der Waals surface area contributed by atoms with Gasteiger partial charge in [-0.1, -0.05) is 23.9 Å². The fourth-order valence-corrected chi connectivity index (χ4v) is 4.16. The zero-order chi connectivity index (χ0) is 22.4. The van der Waals surface area contributed by atoms with Crippen LogP contribution in [0.25, 0.3) is 10.9 Å². The first-order valence-corrected chi connectivity index (χ1v) is 10.9. The Morgan fingerprint density at radius 3 is 2.61 bits per heavy atom. The largest absolute Gasteiger partial charge is 0.493 e. The van der Waals surface area contributed by atoms with E-state index in [1.165, 1.54) is 11.8 Å². The van der Waals surface area contributed by atoms with Crippen molar-refractivity contribution in [3.8, 4) is 17.6 Å². The molecule has 7 heteroatoms. The summed E-state index contributed by atoms with van der Waals surface area (Å²) in [7, 11) is 3.19. The van der Waals surface area contributed by atoms with Crippen LogP contribution < -0.4 is 14.8 Å². The molecule has 1 heterocycles. The molecule has 1 aromatic heterocycles. The zero-order valence-electron chi connectivity index (χ0n) is 18.1. The highest BCUT2D eigenvalue weighted by molar-refractivity contribution is 8.00. The summed E-state index contributed by atoms with van der Waals surface area (Å²) in [5.41, 5.74) is 4.57. The van der Waals surface area contributed by atoms with E-state index in [4.69, 9.17) is 9.47 Å². The Bertz CT molecular complexity index is 1150. The number of aryl methyl sites for hydroxylation is 2. The molecule has 160 valence electrons. The summed E-state index contributed by atoms with van der Waals surface area (Å²) in [5, 5.41) is 14.0. The lowest BCUT2D eigenvalue weighted by atomic mass is 10.1. The SMILES string of the molecule is COc1ccc(CCNC(=O)CSc2nc3cc(C)cc(C)c3cc2C#N)cc1OC. The van der Waals surface area contributed by atoms with Crippen LogP contribution in [0.1, 0.15) is 22.3 Å². The molecule has 0 aliphatic carbocycles. The van der Waals surface area contributed by atoms with Crippen molar-refractivity contribution >= 4 is 28.6 Å². The van der Waals surface area contributed by atoms with Gasteiger partial charge in [0.05, 0.1) is 31.1 Å². The monoisotopic (exact) mass is 435 g/mol. The smallest absolute Gasteiger partial charge is 0.230 e. The van der Waals surface area contributed by atoms with Gasteiger partial charge in [0.2, 0.25) is 5.91 Å². The first-order valence-electron chi connectivity index (χ1n) is 9.87. The number of nitrogens with one attached hydrogen (secondary N) is 1. The summed E-state index contributed by atoms with van der Waals surface area (Å²) in [4.78, 5) is 17.0. The molecule has 0 bridgehead atoms. The number of thioether (sulfide) groups is 1. The van der Waals surface area contributed by atoms with Gasteiger partial charge in [-0.15, -0.1) is 0 Å². The maximum absolute atomic E-state index is 12.3. The third-order valence-electron chi connectivity index (χ3n) is 4.89. The van der Waals surface area contributed by atoms with Gasteiger partial charge < -0.3 is 14.8 Å². The van der Waals surface area contributed by atoms with Gasteiger partial charge in [0.25, 0.3) is 0 Å². The molecule has 2 aromatic carbocycles. The fourth-order valence-electron chi connectivity index (χ4n) is 3.37. The summed E-state index contributed by atoms with van der Waals surface area (Å²) < 4.78 is 10.6. The Balaban J connectivity index is 1.59. The number of nitrogens with zero attached hydrogens (tertiary/aromatic N) is 2. The molecule has 0 radical (unpaired) electrons. The molecule has 0 aliphatic heterocycles. The van der Waals surface area contributed by atoms with E-state index in [0.717, 1.165) is 27.6 Å². The number of aromatic nitrogens is 1. The van der Waals surface area contributed by atoms with Crippen LogP contribution in [0.3, 0.4) is 0 Å². The lowest BCUT2D eigenvalue weighted by Crippen LogP contribution is -2.27. The van der Waals surface area contributed by atoms with Crippen LogP contribution in [-0.4, -0.2) is 37.4 Å². The molecule has 31 heavy (non-hydrogen) atoms. The number of nitriles is 1. The lowest BCUT2D eigenvalue weighted by Gasteiger charge is -2.10. The average molecular weight is 436 g/mol. The first-order chi connectivity index (χ1) is 14.9.